The molecule has 8 aromatic rings. The fraction of sp³-hybridized carbons (Fsp3) is 0.206. The molecule has 0 atom stereocenters. The second kappa shape index (κ2) is 24.4. The number of ether oxygens (including phenoxy) is 4. The van der Waals surface area contributed by atoms with Crippen molar-refractivity contribution in [3.05, 3.63) is 212 Å². The summed E-state index contributed by atoms with van der Waals surface area (Å²) >= 11 is 0. The van der Waals surface area contributed by atoms with E-state index in [1.54, 1.807) is 0 Å². The number of benzene rings is 8. The molecule has 6 nitrogen and oxygen atoms in total. The van der Waals surface area contributed by atoms with Gasteiger partial charge in [0.1, 0.15) is 34.5 Å². The van der Waals surface area contributed by atoms with E-state index in [-0.39, 0.29) is 0 Å². The zero-order valence-electron chi connectivity index (χ0n) is 40.4. The van der Waals surface area contributed by atoms with Crippen LogP contribution in [0.4, 0.5) is 34.1 Å². The van der Waals surface area contributed by atoms with Gasteiger partial charge in [-0.15, -0.1) is 0 Å². The minimum Gasteiger partial charge on any atom is -0.494 e. The van der Waals surface area contributed by atoms with Crippen LogP contribution in [0.2, 0.25) is 0 Å². The van der Waals surface area contributed by atoms with Crippen molar-refractivity contribution >= 4 is 40.2 Å². The molecule has 0 aliphatic carbocycles. The Morgan fingerprint density at radius 1 is 0.377 bits per heavy atom. The number of anilines is 6. The summed E-state index contributed by atoms with van der Waals surface area (Å²) in [5.74, 6) is 4.60. The van der Waals surface area contributed by atoms with Crippen LogP contribution in [-0.4, -0.2) is 13.2 Å². The Labute approximate surface area is 410 Å². The number of unbranched alkanes of at least 4 members (excludes halogenated alkanes) is 6. The van der Waals surface area contributed by atoms with E-state index in [1.807, 2.05) is 78.9 Å². The van der Waals surface area contributed by atoms with Crippen LogP contribution in [0.5, 0.6) is 34.5 Å². The molecule has 0 aromatic heterocycles. The highest BCUT2D eigenvalue weighted by Crippen LogP contribution is 2.41. The zero-order valence-corrected chi connectivity index (χ0v) is 40.4. The van der Waals surface area contributed by atoms with Gasteiger partial charge in [-0.2, -0.15) is 0 Å². The van der Waals surface area contributed by atoms with E-state index in [2.05, 4.69) is 158 Å². The number of nitrogens with zero attached hydrogens (tertiary/aromatic N) is 2. The highest BCUT2D eigenvalue weighted by Gasteiger charge is 2.18. The fourth-order valence-corrected chi connectivity index (χ4v) is 8.29. The van der Waals surface area contributed by atoms with Crippen molar-refractivity contribution in [1.82, 2.24) is 0 Å². The van der Waals surface area contributed by atoms with Gasteiger partial charge < -0.3 is 28.7 Å². The van der Waals surface area contributed by atoms with Gasteiger partial charge in [-0.25, -0.2) is 0 Å². The van der Waals surface area contributed by atoms with Crippen LogP contribution in [0.15, 0.2) is 201 Å². The van der Waals surface area contributed by atoms with Gasteiger partial charge in [0.05, 0.1) is 13.2 Å². The third-order valence-electron chi connectivity index (χ3n) is 12.0. The number of rotatable bonds is 24. The Kier molecular flexibility index (Phi) is 16.9. The molecule has 0 aliphatic heterocycles. The van der Waals surface area contributed by atoms with Crippen LogP contribution < -0.4 is 28.7 Å². The SMILES string of the molecule is C=Cc1ccc(Oc2cccc(N(c3ccc(Oc4cccc(N(c5ccc(-c6ccc(C)cc6)cc5)c5cccc(OCCCCCC)c5)c4)cc3)c3cccc(OCCCCCC)c3)c2)cc1. The predicted molar refractivity (Wildman–Crippen MR) is 288 cm³/mol. The molecule has 0 fully saturated rings. The lowest BCUT2D eigenvalue weighted by molar-refractivity contribution is 0.305. The molecule has 8 aromatic carbocycles. The standard InChI is InChI=1S/C63H64N2O4/c1-5-8-10-12-42-66-60-22-14-18-54(44-60)64(52-34-32-51(33-35-52)50-30-26-48(4)27-31-50)56-20-16-25-63(46-56)69-59-40-36-53(37-41-59)65(55-19-15-23-61(45-55)67-43-13-11-9-6-2)57-21-17-24-62(47-57)68-58-38-28-49(7-3)29-39-58/h7,14-41,44-47H,3,5-6,8-13,42-43H2,1-2,4H3. The third-order valence-corrected chi connectivity index (χ3v) is 12.0. The molecular weight excluding hydrogens is 849 g/mol. The molecule has 0 amide bonds. The Hall–Kier alpha value is -7.70. The van der Waals surface area contributed by atoms with E-state index in [0.717, 1.165) is 93.3 Å². The van der Waals surface area contributed by atoms with Gasteiger partial charge in [0, 0.05) is 58.4 Å². The van der Waals surface area contributed by atoms with E-state index < -0.39 is 0 Å². The van der Waals surface area contributed by atoms with Gasteiger partial charge in [-0.3, -0.25) is 0 Å². The summed E-state index contributed by atoms with van der Waals surface area (Å²) in [7, 11) is 0. The van der Waals surface area contributed by atoms with Gasteiger partial charge in [-0.05, 0) is 134 Å². The molecule has 0 saturated carbocycles. The molecule has 0 spiro atoms. The average Bonchev–Trinajstić information content (AvgIpc) is 3.38. The first-order valence-electron chi connectivity index (χ1n) is 24.6. The quantitative estimate of drug-likeness (QED) is 0.0563. The van der Waals surface area contributed by atoms with Gasteiger partial charge in [0.2, 0.25) is 0 Å². The molecule has 0 saturated heterocycles. The van der Waals surface area contributed by atoms with E-state index in [1.165, 1.54) is 43.2 Å². The van der Waals surface area contributed by atoms with Crippen LogP contribution in [0.25, 0.3) is 17.2 Å². The van der Waals surface area contributed by atoms with Crippen molar-refractivity contribution in [2.45, 2.75) is 72.1 Å². The minimum atomic E-state index is 0.683. The Bertz CT molecular complexity index is 2840. The topological polar surface area (TPSA) is 43.4 Å². The molecular formula is C63H64N2O4. The lowest BCUT2D eigenvalue weighted by Gasteiger charge is -2.27. The van der Waals surface area contributed by atoms with Crippen molar-refractivity contribution in [1.29, 1.82) is 0 Å². The van der Waals surface area contributed by atoms with Crippen LogP contribution in [-0.2, 0) is 0 Å². The second-order valence-corrected chi connectivity index (χ2v) is 17.4. The van der Waals surface area contributed by atoms with E-state index in [0.29, 0.717) is 19.0 Å². The summed E-state index contributed by atoms with van der Waals surface area (Å²) < 4.78 is 25.6. The molecule has 69 heavy (non-hydrogen) atoms. The van der Waals surface area contributed by atoms with Gasteiger partial charge in [0.15, 0.2) is 0 Å². The van der Waals surface area contributed by atoms with Gasteiger partial charge in [0.25, 0.3) is 0 Å². The second-order valence-electron chi connectivity index (χ2n) is 17.4. The number of aryl methyl sites for hydroxylation is 1. The first-order chi connectivity index (χ1) is 34.0. The monoisotopic (exact) mass is 912 g/mol. The Morgan fingerprint density at radius 2 is 0.754 bits per heavy atom. The lowest BCUT2D eigenvalue weighted by atomic mass is 10.0. The largest absolute Gasteiger partial charge is 0.494 e. The smallest absolute Gasteiger partial charge is 0.129 e. The fourth-order valence-electron chi connectivity index (χ4n) is 8.29. The number of hydrogen-bond donors (Lipinski definition) is 0. The summed E-state index contributed by atoms with van der Waals surface area (Å²) in [6.07, 6.45) is 11.0. The molecule has 0 heterocycles. The van der Waals surface area contributed by atoms with Crippen LogP contribution in [0.1, 0.15) is 76.3 Å². The van der Waals surface area contributed by atoms with E-state index >= 15 is 0 Å². The maximum Gasteiger partial charge on any atom is 0.129 e. The molecule has 0 bridgehead atoms. The van der Waals surface area contributed by atoms with Crippen molar-refractivity contribution in [2.75, 3.05) is 23.0 Å². The van der Waals surface area contributed by atoms with Crippen LogP contribution in [0, 0.1) is 6.92 Å². The molecule has 0 N–H and O–H groups in total. The van der Waals surface area contributed by atoms with Crippen molar-refractivity contribution < 1.29 is 18.9 Å². The average molecular weight is 913 g/mol. The zero-order chi connectivity index (χ0) is 47.6. The predicted octanol–water partition coefficient (Wildman–Crippen LogP) is 18.7. The minimum absolute atomic E-state index is 0.683. The lowest BCUT2D eigenvalue weighted by Crippen LogP contribution is -2.10. The van der Waals surface area contributed by atoms with Crippen molar-refractivity contribution in [3.8, 4) is 45.6 Å². The highest BCUT2D eigenvalue weighted by molar-refractivity contribution is 5.80. The van der Waals surface area contributed by atoms with Gasteiger partial charge >= 0.3 is 0 Å². The summed E-state index contributed by atoms with van der Waals surface area (Å²) in [5.41, 5.74) is 10.5. The van der Waals surface area contributed by atoms with Crippen molar-refractivity contribution in [3.63, 3.8) is 0 Å². The maximum atomic E-state index is 6.66. The molecule has 0 radical (unpaired) electrons. The summed E-state index contributed by atoms with van der Waals surface area (Å²) in [6, 6.07) is 66.6. The van der Waals surface area contributed by atoms with Crippen molar-refractivity contribution in [2.24, 2.45) is 0 Å². The molecule has 0 aliphatic rings. The summed E-state index contributed by atoms with van der Waals surface area (Å²) in [6.45, 7) is 11.8. The Morgan fingerprint density at radius 3 is 1.17 bits per heavy atom. The number of hydrogen-bond acceptors (Lipinski definition) is 6. The first kappa shape index (κ1) is 47.8. The third kappa shape index (κ3) is 13.3. The van der Waals surface area contributed by atoms with E-state index in [4.69, 9.17) is 18.9 Å². The summed E-state index contributed by atoms with van der Waals surface area (Å²) in [4.78, 5) is 4.47. The molecule has 0 unspecified atom stereocenters. The summed E-state index contributed by atoms with van der Waals surface area (Å²) in [5, 5.41) is 0. The molecule has 350 valence electrons. The highest BCUT2D eigenvalue weighted by atomic mass is 16.5. The maximum absolute atomic E-state index is 6.66. The first-order valence-corrected chi connectivity index (χ1v) is 24.6. The normalized spacial score (nSPS) is 10.9. The van der Waals surface area contributed by atoms with Crippen LogP contribution >= 0.6 is 0 Å². The van der Waals surface area contributed by atoms with E-state index in [9.17, 15) is 0 Å². The molecule has 6 heteroatoms. The Balaban J connectivity index is 1.07. The molecule has 8 rings (SSSR count). The van der Waals surface area contributed by atoms with Crippen LogP contribution in [0.3, 0.4) is 0 Å². The van der Waals surface area contributed by atoms with Gasteiger partial charge in [-0.1, -0.05) is 143 Å².